The van der Waals surface area contributed by atoms with Crippen molar-refractivity contribution in [2.24, 2.45) is 0 Å². The van der Waals surface area contributed by atoms with Crippen molar-refractivity contribution < 1.29 is 13.2 Å². The summed E-state index contributed by atoms with van der Waals surface area (Å²) in [5.41, 5.74) is 0.932. The molecule has 0 aliphatic heterocycles. The lowest BCUT2D eigenvalue weighted by molar-refractivity contribution is -0.137. The third kappa shape index (κ3) is 4.11. The summed E-state index contributed by atoms with van der Waals surface area (Å²) in [5.74, 6) is 0.675. The first-order valence-corrected chi connectivity index (χ1v) is 8.55. The van der Waals surface area contributed by atoms with E-state index in [1.807, 2.05) is 23.6 Å². The number of alkyl halides is 3. The van der Waals surface area contributed by atoms with Crippen molar-refractivity contribution in [1.82, 2.24) is 9.97 Å². The Morgan fingerprint density at radius 1 is 1.04 bits per heavy atom. The zero-order valence-corrected chi connectivity index (χ0v) is 13.4. The molecule has 0 N–H and O–H groups in total. The molecule has 0 saturated carbocycles. The molecular formula is C16H11F3N2S2. The first-order valence-electron chi connectivity index (χ1n) is 6.68. The number of hydrogen-bond acceptors (Lipinski definition) is 4. The molecule has 0 bridgehead atoms. The molecule has 0 atom stereocenters. The van der Waals surface area contributed by atoms with Gasteiger partial charge in [0, 0.05) is 22.9 Å². The summed E-state index contributed by atoms with van der Waals surface area (Å²) in [6, 6.07) is 10.8. The third-order valence-corrected chi connectivity index (χ3v) is 4.93. The maximum Gasteiger partial charge on any atom is 0.416 e. The fourth-order valence-corrected chi connectivity index (χ4v) is 3.57. The van der Waals surface area contributed by atoms with Crippen LogP contribution in [-0.4, -0.2) is 9.97 Å². The first-order chi connectivity index (χ1) is 11.0. The molecule has 0 aliphatic rings. The molecule has 2 nitrogen and oxygen atoms in total. The van der Waals surface area contributed by atoms with Crippen LogP contribution in [0.25, 0.3) is 10.6 Å². The SMILES string of the molecule is FC(F)(F)c1ccc(-c2nc(CSc3ccccn3)cs2)cc1. The van der Waals surface area contributed by atoms with E-state index in [1.54, 1.807) is 18.0 Å². The zero-order chi connectivity index (χ0) is 16.3. The Bertz CT molecular complexity index is 768. The molecule has 2 aromatic heterocycles. The Hall–Kier alpha value is -1.86. The lowest BCUT2D eigenvalue weighted by Crippen LogP contribution is -2.03. The van der Waals surface area contributed by atoms with Gasteiger partial charge in [-0.15, -0.1) is 23.1 Å². The molecule has 1 aromatic carbocycles. The third-order valence-electron chi connectivity index (χ3n) is 3.02. The van der Waals surface area contributed by atoms with Gasteiger partial charge in [-0.05, 0) is 24.3 Å². The van der Waals surface area contributed by atoms with Crippen LogP contribution in [0.1, 0.15) is 11.3 Å². The predicted molar refractivity (Wildman–Crippen MR) is 86.4 cm³/mol. The average molecular weight is 352 g/mol. The number of rotatable bonds is 4. The Morgan fingerprint density at radius 2 is 1.83 bits per heavy atom. The Labute approximate surface area is 139 Å². The van der Waals surface area contributed by atoms with Gasteiger partial charge in [0.25, 0.3) is 0 Å². The molecule has 0 spiro atoms. The molecule has 23 heavy (non-hydrogen) atoms. The second-order valence-corrected chi connectivity index (χ2v) is 6.53. The lowest BCUT2D eigenvalue weighted by Gasteiger charge is -2.06. The molecule has 0 saturated heterocycles. The minimum atomic E-state index is -4.31. The van der Waals surface area contributed by atoms with Gasteiger partial charge in [0.2, 0.25) is 0 Å². The summed E-state index contributed by atoms with van der Waals surface area (Å²) < 4.78 is 37.7. The highest BCUT2D eigenvalue weighted by atomic mass is 32.2. The topological polar surface area (TPSA) is 25.8 Å². The van der Waals surface area contributed by atoms with Crippen LogP contribution in [0.2, 0.25) is 0 Å². The van der Waals surface area contributed by atoms with E-state index in [4.69, 9.17) is 0 Å². The Morgan fingerprint density at radius 3 is 2.48 bits per heavy atom. The van der Waals surface area contributed by atoms with Crippen LogP contribution in [0.4, 0.5) is 13.2 Å². The van der Waals surface area contributed by atoms with Crippen LogP contribution in [-0.2, 0) is 11.9 Å². The molecular weight excluding hydrogens is 341 g/mol. The number of thiazole rings is 1. The molecule has 0 fully saturated rings. The van der Waals surface area contributed by atoms with Crippen molar-refractivity contribution in [3.05, 3.63) is 65.3 Å². The van der Waals surface area contributed by atoms with E-state index in [9.17, 15) is 13.2 Å². The molecule has 3 rings (SSSR count). The number of aromatic nitrogens is 2. The molecule has 0 unspecified atom stereocenters. The summed E-state index contributed by atoms with van der Waals surface area (Å²) in [6.45, 7) is 0. The van der Waals surface area contributed by atoms with Gasteiger partial charge in [-0.25, -0.2) is 9.97 Å². The lowest BCUT2D eigenvalue weighted by atomic mass is 10.1. The van der Waals surface area contributed by atoms with Crippen LogP contribution in [0.3, 0.4) is 0 Å². The number of benzene rings is 1. The number of halogens is 3. The van der Waals surface area contributed by atoms with Gasteiger partial charge in [0.05, 0.1) is 16.3 Å². The second-order valence-electron chi connectivity index (χ2n) is 4.68. The number of nitrogens with zero attached hydrogens (tertiary/aromatic N) is 2. The average Bonchev–Trinajstić information content (AvgIpc) is 3.02. The number of hydrogen-bond donors (Lipinski definition) is 0. The van der Waals surface area contributed by atoms with E-state index in [0.29, 0.717) is 11.3 Å². The standard InChI is InChI=1S/C16H11F3N2S2/c17-16(18,19)12-6-4-11(5-7-12)15-21-13(10-23-15)9-22-14-3-1-2-8-20-14/h1-8,10H,9H2. The van der Waals surface area contributed by atoms with Crippen molar-refractivity contribution in [1.29, 1.82) is 0 Å². The minimum absolute atomic E-state index is 0.649. The zero-order valence-electron chi connectivity index (χ0n) is 11.7. The predicted octanol–water partition coefficient (Wildman–Crippen LogP) is 5.52. The van der Waals surface area contributed by atoms with E-state index in [1.165, 1.54) is 23.5 Å². The number of thioether (sulfide) groups is 1. The van der Waals surface area contributed by atoms with Crippen LogP contribution in [0.5, 0.6) is 0 Å². The van der Waals surface area contributed by atoms with Crippen molar-refractivity contribution >= 4 is 23.1 Å². The Kier molecular flexibility index (Phi) is 4.68. The Balaban J connectivity index is 1.69. The number of pyridine rings is 1. The minimum Gasteiger partial charge on any atom is -0.250 e. The molecule has 0 aliphatic carbocycles. The largest absolute Gasteiger partial charge is 0.416 e. The van der Waals surface area contributed by atoms with Crippen LogP contribution in [0, 0.1) is 0 Å². The highest BCUT2D eigenvalue weighted by Gasteiger charge is 2.30. The first kappa shape index (κ1) is 16.0. The second kappa shape index (κ2) is 6.72. The highest BCUT2D eigenvalue weighted by molar-refractivity contribution is 7.98. The normalized spacial score (nSPS) is 11.6. The maximum absolute atomic E-state index is 12.6. The van der Waals surface area contributed by atoms with Gasteiger partial charge in [0.1, 0.15) is 5.01 Å². The van der Waals surface area contributed by atoms with Crippen molar-refractivity contribution in [2.75, 3.05) is 0 Å². The smallest absolute Gasteiger partial charge is 0.250 e. The van der Waals surface area contributed by atoms with E-state index in [0.717, 1.165) is 27.9 Å². The van der Waals surface area contributed by atoms with E-state index in [-0.39, 0.29) is 0 Å². The fourth-order valence-electron chi connectivity index (χ4n) is 1.89. The molecule has 7 heteroatoms. The van der Waals surface area contributed by atoms with Gasteiger partial charge in [0.15, 0.2) is 0 Å². The fraction of sp³-hybridized carbons (Fsp3) is 0.125. The van der Waals surface area contributed by atoms with Crippen molar-refractivity contribution in [2.45, 2.75) is 17.0 Å². The van der Waals surface area contributed by atoms with Gasteiger partial charge < -0.3 is 0 Å². The van der Waals surface area contributed by atoms with E-state index < -0.39 is 11.7 Å². The highest BCUT2D eigenvalue weighted by Crippen LogP contribution is 2.32. The summed E-state index contributed by atoms with van der Waals surface area (Å²) in [6.07, 6.45) is -2.58. The van der Waals surface area contributed by atoms with Crippen LogP contribution < -0.4 is 0 Å². The molecule has 3 aromatic rings. The van der Waals surface area contributed by atoms with E-state index in [2.05, 4.69) is 9.97 Å². The van der Waals surface area contributed by atoms with Crippen LogP contribution >= 0.6 is 23.1 Å². The van der Waals surface area contributed by atoms with Gasteiger partial charge in [-0.2, -0.15) is 13.2 Å². The molecule has 2 heterocycles. The molecule has 118 valence electrons. The monoisotopic (exact) mass is 352 g/mol. The van der Waals surface area contributed by atoms with E-state index >= 15 is 0 Å². The molecule has 0 radical (unpaired) electrons. The summed E-state index contributed by atoms with van der Waals surface area (Å²) in [5, 5.41) is 3.55. The summed E-state index contributed by atoms with van der Waals surface area (Å²) >= 11 is 3.00. The van der Waals surface area contributed by atoms with Crippen molar-refractivity contribution in [3.63, 3.8) is 0 Å². The van der Waals surface area contributed by atoms with Gasteiger partial charge in [-0.1, -0.05) is 18.2 Å². The molecule has 0 amide bonds. The van der Waals surface area contributed by atoms with Crippen LogP contribution in [0.15, 0.2) is 59.1 Å². The van der Waals surface area contributed by atoms with Gasteiger partial charge in [-0.3, -0.25) is 0 Å². The van der Waals surface area contributed by atoms with Gasteiger partial charge >= 0.3 is 6.18 Å². The summed E-state index contributed by atoms with van der Waals surface area (Å²) in [4.78, 5) is 8.70. The maximum atomic E-state index is 12.6. The quantitative estimate of drug-likeness (QED) is 0.579. The summed E-state index contributed by atoms with van der Waals surface area (Å²) in [7, 11) is 0. The van der Waals surface area contributed by atoms with Crippen molar-refractivity contribution in [3.8, 4) is 10.6 Å².